The summed E-state index contributed by atoms with van der Waals surface area (Å²) in [7, 11) is 1.32. The largest absolute Gasteiger partial charge is 0.466 e. The molecule has 3 aromatic rings. The molecule has 6 nitrogen and oxygen atoms in total. The molecule has 0 bridgehead atoms. The number of fused-ring (bicyclic) bond motifs is 1. The Balaban J connectivity index is 1.46. The molecule has 0 spiro atoms. The van der Waals surface area contributed by atoms with Gasteiger partial charge in [0.05, 0.1) is 18.7 Å². The zero-order valence-electron chi connectivity index (χ0n) is 18.7. The van der Waals surface area contributed by atoms with Crippen LogP contribution in [-0.2, 0) is 27.3 Å². The van der Waals surface area contributed by atoms with Crippen LogP contribution in [0.5, 0.6) is 0 Å². The molecule has 33 heavy (non-hydrogen) atoms. The van der Waals surface area contributed by atoms with Crippen molar-refractivity contribution in [3.05, 3.63) is 77.5 Å². The summed E-state index contributed by atoms with van der Waals surface area (Å²) in [6, 6.07) is 18.0. The smallest absolute Gasteiger partial charge is 0.330 e. The first-order valence-electron chi connectivity index (χ1n) is 11.2. The Labute approximate surface area is 193 Å². The number of likely N-dealkylation sites (tertiary alicyclic amines) is 1. The number of aromatic nitrogens is 1. The lowest BCUT2D eigenvalue weighted by molar-refractivity contribution is -0.135. The third kappa shape index (κ3) is 5.32. The highest BCUT2D eigenvalue weighted by atomic mass is 16.5. The summed E-state index contributed by atoms with van der Waals surface area (Å²) >= 11 is 0. The van der Waals surface area contributed by atoms with Crippen LogP contribution < -0.4 is 0 Å². The average molecular weight is 442 g/mol. The molecule has 2 heterocycles. The Bertz CT molecular complexity index is 1210. The Morgan fingerprint density at radius 1 is 1.15 bits per heavy atom. The molecule has 1 fully saturated rings. The summed E-state index contributed by atoms with van der Waals surface area (Å²) < 4.78 is 6.57. The van der Waals surface area contributed by atoms with Gasteiger partial charge in [0.15, 0.2) is 0 Å². The number of nitrogens with zero attached hydrogens (tertiary/aromatic N) is 3. The number of carbonyl (C=O) groups is 2. The van der Waals surface area contributed by atoms with E-state index in [1.807, 2.05) is 27.8 Å². The molecule has 0 N–H and O–H groups in total. The van der Waals surface area contributed by atoms with Gasteiger partial charge in [-0.1, -0.05) is 30.3 Å². The van der Waals surface area contributed by atoms with E-state index in [-0.39, 0.29) is 12.5 Å². The normalized spacial score (nSPS) is 14.5. The topological polar surface area (TPSA) is 75.3 Å². The number of hydrogen-bond donors (Lipinski definition) is 0. The quantitative estimate of drug-likeness (QED) is 0.425. The van der Waals surface area contributed by atoms with Gasteiger partial charge in [-0.2, -0.15) is 5.26 Å². The van der Waals surface area contributed by atoms with Crippen molar-refractivity contribution in [1.29, 1.82) is 5.26 Å². The first kappa shape index (κ1) is 22.3. The highest BCUT2D eigenvalue weighted by molar-refractivity contribution is 5.95. The minimum Gasteiger partial charge on any atom is -0.466 e. The molecular weight excluding hydrogens is 414 g/mol. The van der Waals surface area contributed by atoms with E-state index in [0.717, 1.165) is 48.8 Å². The fourth-order valence-electron chi connectivity index (χ4n) is 4.46. The summed E-state index contributed by atoms with van der Waals surface area (Å²) in [6.07, 6.45) is 7.92. The number of hydrogen-bond acceptors (Lipinski definition) is 4. The number of nitriles is 1. The fourth-order valence-corrected chi connectivity index (χ4v) is 4.46. The minimum absolute atomic E-state index is 0.0814. The second-order valence-electron chi connectivity index (χ2n) is 8.43. The first-order valence-corrected chi connectivity index (χ1v) is 11.2. The van der Waals surface area contributed by atoms with Gasteiger partial charge in [-0.05, 0) is 55.0 Å². The van der Waals surface area contributed by atoms with Crippen molar-refractivity contribution in [3.8, 4) is 6.07 Å². The summed E-state index contributed by atoms with van der Waals surface area (Å²) in [5.74, 6) is 0.225. The van der Waals surface area contributed by atoms with Gasteiger partial charge in [0.2, 0.25) is 5.91 Å². The molecule has 1 amide bonds. The second-order valence-corrected chi connectivity index (χ2v) is 8.43. The van der Waals surface area contributed by atoms with Crippen LogP contribution >= 0.6 is 0 Å². The van der Waals surface area contributed by atoms with Crippen LogP contribution in [0.15, 0.2) is 60.8 Å². The molecule has 1 aliphatic heterocycles. The molecule has 0 unspecified atom stereocenters. The third-order valence-electron chi connectivity index (χ3n) is 6.28. The van der Waals surface area contributed by atoms with Gasteiger partial charge in [-0.25, -0.2) is 4.79 Å². The molecule has 1 saturated heterocycles. The summed E-state index contributed by atoms with van der Waals surface area (Å²) in [4.78, 5) is 26.6. The van der Waals surface area contributed by atoms with Gasteiger partial charge in [0, 0.05) is 41.8 Å². The molecule has 0 radical (unpaired) electrons. The lowest BCUT2D eigenvalue weighted by Gasteiger charge is -2.32. The Hall–Kier alpha value is -3.85. The van der Waals surface area contributed by atoms with Crippen molar-refractivity contribution in [2.45, 2.75) is 25.8 Å². The van der Waals surface area contributed by atoms with E-state index in [0.29, 0.717) is 11.5 Å². The highest BCUT2D eigenvalue weighted by Crippen LogP contribution is 2.26. The van der Waals surface area contributed by atoms with Crippen LogP contribution in [0.3, 0.4) is 0 Å². The van der Waals surface area contributed by atoms with E-state index in [1.54, 1.807) is 18.2 Å². The van der Waals surface area contributed by atoms with Crippen LogP contribution in [-0.4, -0.2) is 41.5 Å². The molecule has 1 aliphatic rings. The number of rotatable bonds is 6. The predicted molar refractivity (Wildman–Crippen MR) is 127 cm³/mol. The number of benzene rings is 2. The maximum atomic E-state index is 13.1. The van der Waals surface area contributed by atoms with Crippen molar-refractivity contribution in [2.24, 2.45) is 5.92 Å². The van der Waals surface area contributed by atoms with Crippen molar-refractivity contribution >= 4 is 28.9 Å². The third-order valence-corrected chi connectivity index (χ3v) is 6.28. The maximum Gasteiger partial charge on any atom is 0.330 e. The van der Waals surface area contributed by atoms with Crippen molar-refractivity contribution in [2.75, 3.05) is 20.2 Å². The molecule has 168 valence electrons. The van der Waals surface area contributed by atoms with E-state index in [4.69, 9.17) is 0 Å². The van der Waals surface area contributed by atoms with Crippen LogP contribution in [0, 0.1) is 17.2 Å². The number of amides is 1. The molecule has 1 aromatic heterocycles. The van der Waals surface area contributed by atoms with E-state index < -0.39 is 5.97 Å². The average Bonchev–Trinajstić information content (AvgIpc) is 3.19. The lowest BCUT2D eigenvalue weighted by atomic mass is 9.90. The zero-order valence-corrected chi connectivity index (χ0v) is 18.7. The van der Waals surface area contributed by atoms with Crippen LogP contribution in [0.1, 0.15) is 29.5 Å². The monoisotopic (exact) mass is 441 g/mol. The van der Waals surface area contributed by atoms with Crippen LogP contribution in [0.25, 0.3) is 17.0 Å². The highest BCUT2D eigenvalue weighted by Gasteiger charge is 2.23. The van der Waals surface area contributed by atoms with Gasteiger partial charge >= 0.3 is 5.97 Å². The van der Waals surface area contributed by atoms with Gasteiger partial charge in [-0.3, -0.25) is 4.79 Å². The first-order chi connectivity index (χ1) is 16.1. The van der Waals surface area contributed by atoms with E-state index >= 15 is 0 Å². The maximum absolute atomic E-state index is 13.1. The van der Waals surface area contributed by atoms with Crippen LogP contribution in [0.2, 0.25) is 0 Å². The van der Waals surface area contributed by atoms with Crippen molar-refractivity contribution in [1.82, 2.24) is 9.47 Å². The van der Waals surface area contributed by atoms with E-state index in [2.05, 4.69) is 35.1 Å². The molecular formula is C27H27N3O3. The molecule has 0 atom stereocenters. The zero-order chi connectivity index (χ0) is 23.2. The number of esters is 1. The summed E-state index contributed by atoms with van der Waals surface area (Å²) in [5, 5.41) is 10.1. The SMILES string of the molecule is COC(=O)C=Cc1cn(CC(=O)N2CCC(Cc3ccccc3)CC2)c2ccc(C#N)cc12. The number of methoxy groups -OCH3 is 1. The standard InChI is InChI=1S/C27H27N3O3/c1-33-27(32)10-8-23-18-30(25-9-7-22(17-28)16-24(23)25)19-26(31)29-13-11-21(12-14-29)15-20-5-3-2-4-6-20/h2-10,16,18,21H,11-15,19H2,1H3. The Morgan fingerprint density at radius 2 is 1.91 bits per heavy atom. The van der Waals surface area contributed by atoms with E-state index in [1.165, 1.54) is 18.7 Å². The summed E-state index contributed by atoms with van der Waals surface area (Å²) in [5.41, 5.74) is 3.50. The molecule has 0 aliphatic carbocycles. The number of piperidine rings is 1. The molecule has 2 aromatic carbocycles. The fraction of sp³-hybridized carbons (Fsp3) is 0.296. The lowest BCUT2D eigenvalue weighted by Crippen LogP contribution is -2.40. The van der Waals surface area contributed by atoms with E-state index in [9.17, 15) is 14.9 Å². The van der Waals surface area contributed by atoms with Gasteiger partial charge in [-0.15, -0.1) is 0 Å². The summed E-state index contributed by atoms with van der Waals surface area (Å²) in [6.45, 7) is 1.75. The predicted octanol–water partition coefficient (Wildman–Crippen LogP) is 4.18. The Morgan fingerprint density at radius 3 is 2.61 bits per heavy atom. The molecule has 6 heteroatoms. The second kappa shape index (κ2) is 10.2. The number of carbonyl (C=O) groups excluding carboxylic acids is 2. The molecule has 4 rings (SSSR count). The van der Waals surface area contributed by atoms with Crippen LogP contribution in [0.4, 0.5) is 0 Å². The van der Waals surface area contributed by atoms with Gasteiger partial charge < -0.3 is 14.2 Å². The van der Waals surface area contributed by atoms with Gasteiger partial charge in [0.1, 0.15) is 6.54 Å². The number of ether oxygens (including phenoxy) is 1. The Kier molecular flexibility index (Phi) is 6.89. The van der Waals surface area contributed by atoms with Gasteiger partial charge in [0.25, 0.3) is 0 Å². The van der Waals surface area contributed by atoms with Crippen molar-refractivity contribution < 1.29 is 14.3 Å². The molecule has 0 saturated carbocycles. The minimum atomic E-state index is -0.457. The van der Waals surface area contributed by atoms with Crippen molar-refractivity contribution in [3.63, 3.8) is 0 Å².